The topological polar surface area (TPSA) is 60.2 Å². The molecule has 4 rings (SSSR count). The van der Waals surface area contributed by atoms with E-state index in [-0.39, 0.29) is 5.78 Å². The molecule has 0 bridgehead atoms. The summed E-state index contributed by atoms with van der Waals surface area (Å²) >= 11 is 0. The molecule has 4 heterocycles. The third-order valence-electron chi connectivity index (χ3n) is 3.55. The zero-order chi connectivity index (χ0) is 15.6. The second-order valence-electron chi connectivity index (χ2n) is 5.00. The van der Waals surface area contributed by atoms with Gasteiger partial charge in [0.2, 0.25) is 5.78 Å². The molecule has 5 nitrogen and oxygen atoms in total. The van der Waals surface area contributed by atoms with Crippen molar-refractivity contribution in [3.8, 4) is 11.5 Å². The van der Waals surface area contributed by atoms with E-state index in [4.69, 9.17) is 0 Å². The first-order chi connectivity index (χ1) is 11.3. The first-order valence-corrected chi connectivity index (χ1v) is 7.19. The van der Waals surface area contributed by atoms with Gasteiger partial charge in [0.15, 0.2) is 5.82 Å². The number of nitrogens with zero attached hydrogens (tertiary/aromatic N) is 4. The Labute approximate surface area is 132 Å². The van der Waals surface area contributed by atoms with E-state index in [0.29, 0.717) is 22.9 Å². The van der Waals surface area contributed by atoms with Gasteiger partial charge in [0.1, 0.15) is 17.1 Å². The van der Waals surface area contributed by atoms with Crippen molar-refractivity contribution in [1.29, 1.82) is 0 Å². The lowest BCUT2D eigenvalue weighted by molar-refractivity contribution is 0.103. The van der Waals surface area contributed by atoms with Gasteiger partial charge >= 0.3 is 0 Å². The molecule has 4 aromatic heterocycles. The van der Waals surface area contributed by atoms with Gasteiger partial charge < -0.3 is 0 Å². The van der Waals surface area contributed by atoms with E-state index >= 15 is 0 Å². The van der Waals surface area contributed by atoms with Crippen LogP contribution in [0, 0.1) is 0 Å². The Morgan fingerprint density at radius 3 is 2.39 bits per heavy atom. The SMILES string of the molecule is O=C(c1ccccn1)c1nc(-c2ccccn2)n2ccccc12. The lowest BCUT2D eigenvalue weighted by atomic mass is 10.2. The van der Waals surface area contributed by atoms with Crippen LogP contribution in [0.3, 0.4) is 0 Å². The van der Waals surface area contributed by atoms with Crippen LogP contribution in [0.1, 0.15) is 16.2 Å². The molecule has 23 heavy (non-hydrogen) atoms. The summed E-state index contributed by atoms with van der Waals surface area (Å²) in [5.41, 5.74) is 2.21. The molecule has 0 aliphatic rings. The van der Waals surface area contributed by atoms with Crippen molar-refractivity contribution in [2.24, 2.45) is 0 Å². The number of pyridine rings is 3. The minimum Gasteiger partial charge on any atom is -0.298 e. The van der Waals surface area contributed by atoms with Crippen LogP contribution in [-0.2, 0) is 0 Å². The van der Waals surface area contributed by atoms with Gasteiger partial charge in [-0.3, -0.25) is 19.2 Å². The summed E-state index contributed by atoms with van der Waals surface area (Å²) in [4.78, 5) is 25.8. The molecule has 0 atom stereocenters. The van der Waals surface area contributed by atoms with E-state index in [2.05, 4.69) is 15.0 Å². The molecular weight excluding hydrogens is 288 g/mol. The van der Waals surface area contributed by atoms with Crippen molar-refractivity contribution in [3.63, 3.8) is 0 Å². The van der Waals surface area contributed by atoms with Crippen molar-refractivity contribution in [3.05, 3.63) is 84.6 Å². The van der Waals surface area contributed by atoms with Gasteiger partial charge in [-0.2, -0.15) is 0 Å². The summed E-state index contributed by atoms with van der Waals surface area (Å²) < 4.78 is 1.87. The lowest BCUT2D eigenvalue weighted by Gasteiger charge is -1.99. The van der Waals surface area contributed by atoms with Crippen LogP contribution < -0.4 is 0 Å². The zero-order valence-corrected chi connectivity index (χ0v) is 12.1. The van der Waals surface area contributed by atoms with Crippen molar-refractivity contribution >= 4 is 11.3 Å². The predicted octanol–water partition coefficient (Wildman–Crippen LogP) is 3.02. The fourth-order valence-corrected chi connectivity index (χ4v) is 2.50. The molecule has 0 spiro atoms. The van der Waals surface area contributed by atoms with Crippen LogP contribution in [0.25, 0.3) is 17.0 Å². The van der Waals surface area contributed by atoms with Crippen LogP contribution in [-0.4, -0.2) is 25.1 Å². The second kappa shape index (κ2) is 5.46. The number of hydrogen-bond donors (Lipinski definition) is 0. The highest BCUT2D eigenvalue weighted by Crippen LogP contribution is 2.22. The van der Waals surface area contributed by atoms with E-state index in [1.54, 1.807) is 30.6 Å². The first kappa shape index (κ1) is 13.3. The highest BCUT2D eigenvalue weighted by molar-refractivity contribution is 6.11. The van der Waals surface area contributed by atoms with Gasteiger partial charge in [-0.05, 0) is 36.4 Å². The summed E-state index contributed by atoms with van der Waals surface area (Å²) in [6, 6.07) is 16.5. The van der Waals surface area contributed by atoms with E-state index in [1.807, 2.05) is 47.0 Å². The average molecular weight is 300 g/mol. The van der Waals surface area contributed by atoms with E-state index in [1.165, 1.54) is 0 Å². The normalized spacial score (nSPS) is 10.8. The van der Waals surface area contributed by atoms with Crippen molar-refractivity contribution in [2.45, 2.75) is 0 Å². The van der Waals surface area contributed by atoms with Gasteiger partial charge in [-0.15, -0.1) is 0 Å². The smallest absolute Gasteiger partial charge is 0.231 e. The summed E-state index contributed by atoms with van der Waals surface area (Å²) in [5.74, 6) is 0.442. The minimum atomic E-state index is -0.198. The monoisotopic (exact) mass is 300 g/mol. The number of ketones is 1. The van der Waals surface area contributed by atoms with Crippen molar-refractivity contribution in [1.82, 2.24) is 19.4 Å². The quantitative estimate of drug-likeness (QED) is 0.546. The van der Waals surface area contributed by atoms with Gasteiger partial charge in [-0.25, -0.2) is 4.98 Å². The highest BCUT2D eigenvalue weighted by atomic mass is 16.1. The molecule has 0 aliphatic heterocycles. The molecule has 0 aromatic carbocycles. The van der Waals surface area contributed by atoms with Gasteiger partial charge in [0, 0.05) is 18.6 Å². The van der Waals surface area contributed by atoms with Crippen molar-refractivity contribution in [2.75, 3.05) is 0 Å². The maximum atomic E-state index is 12.7. The number of carbonyl (C=O) groups is 1. The Kier molecular flexibility index (Phi) is 3.16. The molecule has 0 saturated carbocycles. The van der Waals surface area contributed by atoms with E-state index in [9.17, 15) is 4.79 Å². The number of imidazole rings is 1. The van der Waals surface area contributed by atoms with Crippen LogP contribution >= 0.6 is 0 Å². The Bertz CT molecular complexity index is 978. The summed E-state index contributed by atoms with van der Waals surface area (Å²) in [5, 5.41) is 0. The second-order valence-corrected chi connectivity index (χ2v) is 5.00. The Balaban J connectivity index is 1.94. The zero-order valence-electron chi connectivity index (χ0n) is 12.1. The first-order valence-electron chi connectivity index (χ1n) is 7.19. The molecule has 110 valence electrons. The van der Waals surface area contributed by atoms with Crippen LogP contribution in [0.4, 0.5) is 0 Å². The van der Waals surface area contributed by atoms with E-state index < -0.39 is 0 Å². The number of aromatic nitrogens is 4. The number of fused-ring (bicyclic) bond motifs is 1. The third kappa shape index (κ3) is 2.28. The maximum Gasteiger partial charge on any atom is 0.231 e. The fraction of sp³-hybridized carbons (Fsp3) is 0. The van der Waals surface area contributed by atoms with Crippen molar-refractivity contribution < 1.29 is 4.79 Å². The van der Waals surface area contributed by atoms with Gasteiger partial charge in [-0.1, -0.05) is 18.2 Å². The van der Waals surface area contributed by atoms with Crippen LogP contribution in [0.5, 0.6) is 0 Å². The van der Waals surface area contributed by atoms with Gasteiger partial charge in [0.25, 0.3) is 0 Å². The predicted molar refractivity (Wildman–Crippen MR) is 86.1 cm³/mol. The average Bonchev–Trinajstić information content (AvgIpc) is 3.02. The van der Waals surface area contributed by atoms with Crippen LogP contribution in [0.2, 0.25) is 0 Å². The van der Waals surface area contributed by atoms with E-state index in [0.717, 1.165) is 5.52 Å². The summed E-state index contributed by atoms with van der Waals surface area (Å²) in [7, 11) is 0. The number of carbonyl (C=O) groups excluding carboxylic acids is 1. The Hall–Kier alpha value is -3.34. The minimum absolute atomic E-state index is 0.198. The maximum absolute atomic E-state index is 12.7. The molecular formula is C18H12N4O. The Morgan fingerprint density at radius 2 is 1.65 bits per heavy atom. The molecule has 0 fully saturated rings. The molecule has 5 heteroatoms. The molecule has 0 N–H and O–H groups in total. The highest BCUT2D eigenvalue weighted by Gasteiger charge is 2.20. The molecule has 0 aliphatic carbocycles. The van der Waals surface area contributed by atoms with Gasteiger partial charge in [0.05, 0.1) is 5.52 Å². The molecule has 0 amide bonds. The number of rotatable bonds is 3. The molecule has 4 aromatic rings. The molecule has 0 saturated heterocycles. The van der Waals surface area contributed by atoms with Crippen LogP contribution in [0.15, 0.2) is 73.2 Å². The Morgan fingerprint density at radius 1 is 0.870 bits per heavy atom. The molecule has 0 radical (unpaired) electrons. The standard InChI is InChI=1S/C18H12N4O/c23-17(13-7-1-4-10-19-13)16-15-9-3-6-12-22(15)18(21-16)14-8-2-5-11-20-14/h1-12H. The lowest BCUT2D eigenvalue weighted by Crippen LogP contribution is -2.04. The largest absolute Gasteiger partial charge is 0.298 e. The molecule has 0 unspecified atom stereocenters. The number of hydrogen-bond acceptors (Lipinski definition) is 4. The summed E-state index contributed by atoms with van der Waals surface area (Å²) in [6.45, 7) is 0. The fourth-order valence-electron chi connectivity index (χ4n) is 2.50. The third-order valence-corrected chi connectivity index (χ3v) is 3.55. The summed E-state index contributed by atoms with van der Waals surface area (Å²) in [6.07, 6.45) is 5.19.